The van der Waals surface area contributed by atoms with Gasteiger partial charge in [-0.1, -0.05) is 66.7 Å². The molecule has 2 aromatic rings. The van der Waals surface area contributed by atoms with Crippen molar-refractivity contribution in [1.29, 1.82) is 0 Å². The minimum Gasteiger partial charge on any atom is -0.293 e. The molecule has 2 aromatic carbocycles. The molecule has 0 aliphatic carbocycles. The lowest BCUT2D eigenvalue weighted by atomic mass is 9.88. The van der Waals surface area contributed by atoms with Gasteiger partial charge in [0.05, 0.1) is 5.92 Å². The van der Waals surface area contributed by atoms with Gasteiger partial charge in [-0.3, -0.25) is 4.79 Å². The zero-order valence-electron chi connectivity index (χ0n) is 10.3. The third-order valence-corrected chi connectivity index (χ3v) is 2.98. The monoisotopic (exact) mass is 236 g/mol. The van der Waals surface area contributed by atoms with Crippen LogP contribution in [0.4, 0.5) is 0 Å². The summed E-state index contributed by atoms with van der Waals surface area (Å²) >= 11 is 0. The predicted molar refractivity (Wildman–Crippen MR) is 74.8 cm³/mol. The Balaban J connectivity index is 2.32. The number of hydrogen-bond acceptors (Lipinski definition) is 1. The number of carbonyl (C=O) groups excluding carboxylic acids is 1. The summed E-state index contributed by atoms with van der Waals surface area (Å²) in [5.41, 5.74) is 1.81. The summed E-state index contributed by atoms with van der Waals surface area (Å²) in [7, 11) is 0. The maximum Gasteiger partial charge on any atom is 0.170 e. The molecule has 1 heteroatoms. The number of hydrogen-bond donors (Lipinski definition) is 0. The highest BCUT2D eigenvalue weighted by atomic mass is 16.1. The van der Waals surface area contributed by atoms with E-state index in [0.29, 0.717) is 6.42 Å². The summed E-state index contributed by atoms with van der Waals surface area (Å²) in [5, 5.41) is 0. The molecule has 0 heterocycles. The van der Waals surface area contributed by atoms with Gasteiger partial charge >= 0.3 is 0 Å². The van der Waals surface area contributed by atoms with Crippen LogP contribution in [0.1, 0.15) is 28.3 Å². The van der Waals surface area contributed by atoms with E-state index < -0.39 is 0 Å². The SMILES string of the molecule is C=CC[C@@H](C(=O)c1ccccc1)c1ccccc1. The van der Waals surface area contributed by atoms with E-state index in [2.05, 4.69) is 6.58 Å². The first-order valence-electron chi connectivity index (χ1n) is 6.08. The Bertz CT molecular complexity index is 514. The number of rotatable bonds is 5. The van der Waals surface area contributed by atoms with Gasteiger partial charge in [-0.25, -0.2) is 0 Å². The van der Waals surface area contributed by atoms with Crippen LogP contribution in [-0.2, 0) is 0 Å². The molecule has 0 aromatic heterocycles. The lowest BCUT2D eigenvalue weighted by molar-refractivity contribution is 0.0960. The second-order valence-electron chi connectivity index (χ2n) is 4.22. The van der Waals surface area contributed by atoms with Gasteiger partial charge in [0.15, 0.2) is 5.78 Å². The summed E-state index contributed by atoms with van der Waals surface area (Å²) in [6.07, 6.45) is 2.47. The Morgan fingerprint density at radius 3 is 2.11 bits per heavy atom. The average Bonchev–Trinajstić information content (AvgIpc) is 2.46. The van der Waals surface area contributed by atoms with Crippen LogP contribution in [0.2, 0.25) is 0 Å². The van der Waals surface area contributed by atoms with E-state index >= 15 is 0 Å². The van der Waals surface area contributed by atoms with Crippen LogP contribution in [0.25, 0.3) is 0 Å². The van der Waals surface area contributed by atoms with Crippen LogP contribution < -0.4 is 0 Å². The summed E-state index contributed by atoms with van der Waals surface area (Å²) < 4.78 is 0. The second kappa shape index (κ2) is 5.97. The smallest absolute Gasteiger partial charge is 0.170 e. The van der Waals surface area contributed by atoms with Gasteiger partial charge in [0.2, 0.25) is 0 Å². The zero-order chi connectivity index (χ0) is 12.8. The van der Waals surface area contributed by atoms with Crippen molar-refractivity contribution in [2.75, 3.05) is 0 Å². The molecule has 0 aliphatic rings. The fourth-order valence-corrected chi connectivity index (χ4v) is 2.05. The Kier molecular flexibility index (Phi) is 4.08. The first kappa shape index (κ1) is 12.3. The van der Waals surface area contributed by atoms with Gasteiger partial charge in [0.1, 0.15) is 0 Å². The van der Waals surface area contributed by atoms with Crippen LogP contribution in [0, 0.1) is 0 Å². The number of ketones is 1. The lowest BCUT2D eigenvalue weighted by Crippen LogP contribution is -2.12. The van der Waals surface area contributed by atoms with Crippen molar-refractivity contribution in [2.24, 2.45) is 0 Å². The Morgan fingerprint density at radius 2 is 1.56 bits per heavy atom. The van der Waals surface area contributed by atoms with E-state index in [1.807, 2.05) is 60.7 Å². The molecule has 0 bridgehead atoms. The molecule has 0 aliphatic heterocycles. The van der Waals surface area contributed by atoms with E-state index in [1.165, 1.54) is 0 Å². The number of benzene rings is 2. The van der Waals surface area contributed by atoms with Gasteiger partial charge in [-0.05, 0) is 12.0 Å². The van der Waals surface area contributed by atoms with Gasteiger partial charge in [-0.15, -0.1) is 6.58 Å². The van der Waals surface area contributed by atoms with Crippen molar-refractivity contribution in [3.05, 3.63) is 84.4 Å². The van der Waals surface area contributed by atoms with Crippen LogP contribution in [0.3, 0.4) is 0 Å². The van der Waals surface area contributed by atoms with Crippen molar-refractivity contribution in [1.82, 2.24) is 0 Å². The molecular weight excluding hydrogens is 220 g/mol. The molecule has 2 rings (SSSR count). The Labute approximate surface area is 108 Å². The standard InChI is InChI=1S/C17H16O/c1-2-9-16(14-10-5-3-6-11-14)17(18)15-12-7-4-8-13-15/h2-8,10-13,16H,1,9H2/t16-/m1/s1. The van der Waals surface area contributed by atoms with Crippen molar-refractivity contribution in [2.45, 2.75) is 12.3 Å². The molecular formula is C17H16O. The fourth-order valence-electron chi connectivity index (χ4n) is 2.05. The summed E-state index contributed by atoms with van der Waals surface area (Å²) in [4.78, 5) is 12.5. The molecule has 0 saturated heterocycles. The second-order valence-corrected chi connectivity index (χ2v) is 4.22. The van der Waals surface area contributed by atoms with Crippen LogP contribution >= 0.6 is 0 Å². The molecule has 0 unspecified atom stereocenters. The zero-order valence-corrected chi connectivity index (χ0v) is 10.3. The molecule has 0 radical (unpaired) electrons. The van der Waals surface area contributed by atoms with Crippen LogP contribution in [0.5, 0.6) is 0 Å². The number of allylic oxidation sites excluding steroid dienone is 1. The average molecular weight is 236 g/mol. The minimum absolute atomic E-state index is 0.133. The summed E-state index contributed by atoms with van der Waals surface area (Å²) in [6.45, 7) is 3.75. The molecule has 90 valence electrons. The number of carbonyl (C=O) groups is 1. The van der Waals surface area contributed by atoms with Crippen molar-refractivity contribution in [3.63, 3.8) is 0 Å². The quantitative estimate of drug-likeness (QED) is 0.561. The third kappa shape index (κ3) is 2.75. The largest absolute Gasteiger partial charge is 0.293 e. The highest BCUT2D eigenvalue weighted by molar-refractivity contribution is 6.01. The molecule has 18 heavy (non-hydrogen) atoms. The van der Waals surface area contributed by atoms with Gasteiger partial charge in [-0.2, -0.15) is 0 Å². The first-order valence-corrected chi connectivity index (χ1v) is 6.08. The minimum atomic E-state index is -0.133. The van der Waals surface area contributed by atoms with E-state index in [4.69, 9.17) is 0 Å². The van der Waals surface area contributed by atoms with Gasteiger partial charge in [0, 0.05) is 5.56 Å². The van der Waals surface area contributed by atoms with Gasteiger partial charge < -0.3 is 0 Å². The Hall–Kier alpha value is -2.15. The van der Waals surface area contributed by atoms with E-state index in [1.54, 1.807) is 6.08 Å². The number of Topliss-reactive ketones (excluding diaryl/α,β-unsaturated/α-hetero) is 1. The summed E-state index contributed by atoms with van der Waals surface area (Å²) in [5.74, 6) is 0.0211. The van der Waals surface area contributed by atoms with Crippen LogP contribution in [0.15, 0.2) is 73.3 Å². The van der Waals surface area contributed by atoms with Crippen LogP contribution in [-0.4, -0.2) is 5.78 Å². The first-order chi connectivity index (χ1) is 8.83. The summed E-state index contributed by atoms with van der Waals surface area (Å²) in [6, 6.07) is 19.3. The fraction of sp³-hybridized carbons (Fsp3) is 0.118. The molecule has 1 atom stereocenters. The van der Waals surface area contributed by atoms with E-state index in [0.717, 1.165) is 11.1 Å². The molecule has 0 amide bonds. The van der Waals surface area contributed by atoms with E-state index in [-0.39, 0.29) is 11.7 Å². The topological polar surface area (TPSA) is 17.1 Å². The highest BCUT2D eigenvalue weighted by Gasteiger charge is 2.20. The lowest BCUT2D eigenvalue weighted by Gasteiger charge is -2.14. The van der Waals surface area contributed by atoms with Crippen molar-refractivity contribution >= 4 is 5.78 Å². The van der Waals surface area contributed by atoms with Crippen molar-refractivity contribution < 1.29 is 4.79 Å². The van der Waals surface area contributed by atoms with Crippen molar-refractivity contribution in [3.8, 4) is 0 Å². The molecule has 0 spiro atoms. The maximum atomic E-state index is 12.5. The molecule has 0 saturated carbocycles. The maximum absolute atomic E-state index is 12.5. The normalized spacial score (nSPS) is 11.8. The van der Waals surface area contributed by atoms with E-state index in [9.17, 15) is 4.79 Å². The Morgan fingerprint density at radius 1 is 1.00 bits per heavy atom. The molecule has 0 fully saturated rings. The van der Waals surface area contributed by atoms with Gasteiger partial charge in [0.25, 0.3) is 0 Å². The molecule has 0 N–H and O–H groups in total. The third-order valence-electron chi connectivity index (χ3n) is 2.98. The highest BCUT2D eigenvalue weighted by Crippen LogP contribution is 2.24. The molecule has 1 nitrogen and oxygen atoms in total. The predicted octanol–water partition coefficient (Wildman–Crippen LogP) is 4.23.